The molecule has 0 fully saturated rings. The van der Waals surface area contributed by atoms with Gasteiger partial charge in [-0.15, -0.1) is 0 Å². The molecule has 0 aliphatic rings. The second kappa shape index (κ2) is 6.48. The highest BCUT2D eigenvalue weighted by molar-refractivity contribution is 6.11. The maximum absolute atomic E-state index is 12.2. The standard InChI is InChI=1S/C20H17N5O4/c1-9-6-7-10(26)8-13(9)25-17(21)14(18(22)27)16-19(25)24-15-11(20(28)29-2)4-3-5-12(15)23-16/h3-8,26H,21H2,1-2H3,(H2,22,27). The van der Waals surface area contributed by atoms with Gasteiger partial charge in [0.1, 0.15) is 28.2 Å². The van der Waals surface area contributed by atoms with E-state index in [1.54, 1.807) is 24.3 Å². The van der Waals surface area contributed by atoms with Gasteiger partial charge in [0.25, 0.3) is 5.91 Å². The molecule has 5 N–H and O–H groups in total. The number of phenols is 1. The number of aromatic hydroxyl groups is 1. The number of aromatic nitrogens is 3. The van der Waals surface area contributed by atoms with Gasteiger partial charge in [0.15, 0.2) is 5.65 Å². The molecule has 4 rings (SSSR count). The number of nitrogens with zero attached hydrogens (tertiary/aromatic N) is 3. The molecule has 0 aliphatic heterocycles. The first-order chi connectivity index (χ1) is 13.8. The number of para-hydroxylation sites is 1. The Balaban J connectivity index is 2.19. The summed E-state index contributed by atoms with van der Waals surface area (Å²) in [5, 5.41) is 9.96. The summed E-state index contributed by atoms with van der Waals surface area (Å²) >= 11 is 0. The minimum absolute atomic E-state index is 0.0106. The third kappa shape index (κ3) is 2.71. The van der Waals surface area contributed by atoms with Gasteiger partial charge in [-0.05, 0) is 30.7 Å². The van der Waals surface area contributed by atoms with Gasteiger partial charge in [-0.2, -0.15) is 0 Å². The zero-order chi connectivity index (χ0) is 20.9. The van der Waals surface area contributed by atoms with Crippen molar-refractivity contribution in [3.63, 3.8) is 0 Å². The Hall–Kier alpha value is -4.14. The molecule has 0 saturated carbocycles. The van der Waals surface area contributed by atoms with Crippen LogP contribution in [0.2, 0.25) is 0 Å². The highest BCUT2D eigenvalue weighted by Crippen LogP contribution is 2.33. The molecule has 9 heteroatoms. The average molecular weight is 391 g/mol. The molecule has 0 bridgehead atoms. The largest absolute Gasteiger partial charge is 0.508 e. The van der Waals surface area contributed by atoms with Crippen LogP contribution in [-0.4, -0.2) is 38.6 Å². The zero-order valence-electron chi connectivity index (χ0n) is 15.6. The molecule has 2 aromatic heterocycles. The molecule has 0 unspecified atom stereocenters. The van der Waals surface area contributed by atoms with Gasteiger partial charge in [-0.3, -0.25) is 9.36 Å². The fourth-order valence-electron chi connectivity index (χ4n) is 3.34. The number of carbonyl (C=O) groups is 2. The SMILES string of the molecule is COC(=O)c1cccc2nc3c(C(N)=O)c(N)n(-c4cc(O)ccc4C)c3nc12. The number of ether oxygens (including phenoxy) is 1. The van der Waals surface area contributed by atoms with E-state index in [0.29, 0.717) is 16.7 Å². The fraction of sp³-hybridized carbons (Fsp3) is 0.100. The predicted molar refractivity (Wildman–Crippen MR) is 107 cm³/mol. The van der Waals surface area contributed by atoms with Crippen molar-refractivity contribution in [1.29, 1.82) is 0 Å². The minimum Gasteiger partial charge on any atom is -0.508 e. The number of methoxy groups -OCH3 is 1. The number of carbonyl (C=O) groups excluding carboxylic acids is 2. The van der Waals surface area contributed by atoms with Crippen LogP contribution in [0.4, 0.5) is 5.82 Å². The molecule has 29 heavy (non-hydrogen) atoms. The predicted octanol–water partition coefficient (Wildman–Crippen LogP) is 2.06. The number of phenolic OH excluding ortho intramolecular Hbond substituents is 1. The zero-order valence-corrected chi connectivity index (χ0v) is 15.6. The monoisotopic (exact) mass is 391 g/mol. The van der Waals surface area contributed by atoms with Crippen LogP contribution in [-0.2, 0) is 4.74 Å². The first-order valence-electron chi connectivity index (χ1n) is 8.62. The van der Waals surface area contributed by atoms with Gasteiger partial charge < -0.3 is 21.3 Å². The quantitative estimate of drug-likeness (QED) is 0.453. The summed E-state index contributed by atoms with van der Waals surface area (Å²) in [6.07, 6.45) is 0. The highest BCUT2D eigenvalue weighted by Gasteiger charge is 2.25. The van der Waals surface area contributed by atoms with Crippen molar-refractivity contribution in [2.45, 2.75) is 6.92 Å². The van der Waals surface area contributed by atoms with Crippen molar-refractivity contribution in [3.8, 4) is 11.4 Å². The molecular formula is C20H17N5O4. The van der Waals surface area contributed by atoms with Crippen LogP contribution in [0.3, 0.4) is 0 Å². The Morgan fingerprint density at radius 3 is 2.59 bits per heavy atom. The number of nitrogen functional groups attached to an aromatic ring is 1. The number of anilines is 1. The van der Waals surface area contributed by atoms with E-state index >= 15 is 0 Å². The maximum atomic E-state index is 12.2. The molecule has 0 atom stereocenters. The fourth-order valence-corrected chi connectivity index (χ4v) is 3.34. The molecule has 2 heterocycles. The number of rotatable bonds is 3. The number of amides is 1. The number of nitrogens with two attached hydrogens (primary N) is 2. The summed E-state index contributed by atoms with van der Waals surface area (Å²) in [6, 6.07) is 9.60. The van der Waals surface area contributed by atoms with E-state index in [1.807, 2.05) is 6.92 Å². The minimum atomic E-state index is -0.762. The average Bonchev–Trinajstić information content (AvgIpc) is 2.97. The molecule has 146 valence electrons. The molecule has 2 aromatic carbocycles. The number of primary amides is 1. The Kier molecular flexibility index (Phi) is 4.08. The molecule has 0 spiro atoms. The smallest absolute Gasteiger partial charge is 0.340 e. The van der Waals surface area contributed by atoms with E-state index in [9.17, 15) is 14.7 Å². The van der Waals surface area contributed by atoms with Gasteiger partial charge in [-0.25, -0.2) is 14.8 Å². The van der Waals surface area contributed by atoms with Crippen molar-refractivity contribution in [3.05, 3.63) is 53.1 Å². The van der Waals surface area contributed by atoms with Gasteiger partial charge in [0.2, 0.25) is 0 Å². The van der Waals surface area contributed by atoms with E-state index in [-0.39, 0.29) is 33.9 Å². The summed E-state index contributed by atoms with van der Waals surface area (Å²) in [5.41, 5.74) is 14.4. The number of fused-ring (bicyclic) bond motifs is 2. The third-order valence-electron chi connectivity index (χ3n) is 4.71. The van der Waals surface area contributed by atoms with Crippen LogP contribution < -0.4 is 11.5 Å². The number of aryl methyl sites for hydroxylation is 1. The molecule has 0 saturated heterocycles. The van der Waals surface area contributed by atoms with Gasteiger partial charge in [0.05, 0.1) is 23.9 Å². The first-order valence-corrected chi connectivity index (χ1v) is 8.62. The second-order valence-electron chi connectivity index (χ2n) is 6.49. The number of hydrogen-bond donors (Lipinski definition) is 3. The third-order valence-corrected chi connectivity index (χ3v) is 4.71. The van der Waals surface area contributed by atoms with Crippen LogP contribution >= 0.6 is 0 Å². The molecule has 0 radical (unpaired) electrons. The summed E-state index contributed by atoms with van der Waals surface area (Å²) in [4.78, 5) is 33.4. The Morgan fingerprint density at radius 1 is 1.14 bits per heavy atom. The molecule has 1 amide bonds. The Bertz CT molecular complexity index is 1330. The lowest BCUT2D eigenvalue weighted by Gasteiger charge is -2.11. The van der Waals surface area contributed by atoms with Crippen LogP contribution in [0.15, 0.2) is 36.4 Å². The summed E-state index contributed by atoms with van der Waals surface area (Å²) in [7, 11) is 1.27. The van der Waals surface area contributed by atoms with E-state index in [1.165, 1.54) is 23.8 Å². The molecular weight excluding hydrogens is 374 g/mol. The first kappa shape index (κ1) is 18.2. The van der Waals surface area contributed by atoms with E-state index in [2.05, 4.69) is 9.97 Å². The van der Waals surface area contributed by atoms with Crippen molar-refractivity contribution < 1.29 is 19.4 Å². The Labute approximate surface area is 164 Å². The van der Waals surface area contributed by atoms with Crippen molar-refractivity contribution >= 4 is 39.9 Å². The topological polar surface area (TPSA) is 146 Å². The molecule has 9 nitrogen and oxygen atoms in total. The normalized spacial score (nSPS) is 11.1. The van der Waals surface area contributed by atoms with Gasteiger partial charge in [0, 0.05) is 6.07 Å². The summed E-state index contributed by atoms with van der Waals surface area (Å²) in [5.74, 6) is -1.28. The molecule has 0 aliphatic carbocycles. The van der Waals surface area contributed by atoms with E-state index < -0.39 is 11.9 Å². The van der Waals surface area contributed by atoms with Gasteiger partial charge >= 0.3 is 5.97 Å². The van der Waals surface area contributed by atoms with Crippen LogP contribution in [0.5, 0.6) is 5.75 Å². The van der Waals surface area contributed by atoms with Gasteiger partial charge in [-0.1, -0.05) is 12.1 Å². The van der Waals surface area contributed by atoms with Crippen molar-refractivity contribution in [2.24, 2.45) is 5.73 Å². The lowest BCUT2D eigenvalue weighted by atomic mass is 10.1. The highest BCUT2D eigenvalue weighted by atomic mass is 16.5. The van der Waals surface area contributed by atoms with Crippen molar-refractivity contribution in [1.82, 2.24) is 14.5 Å². The second-order valence-corrected chi connectivity index (χ2v) is 6.49. The lowest BCUT2D eigenvalue weighted by Crippen LogP contribution is -2.14. The van der Waals surface area contributed by atoms with Crippen LogP contribution in [0.25, 0.3) is 27.9 Å². The van der Waals surface area contributed by atoms with E-state index in [0.717, 1.165) is 5.56 Å². The van der Waals surface area contributed by atoms with Crippen LogP contribution in [0, 0.1) is 6.92 Å². The number of benzene rings is 2. The lowest BCUT2D eigenvalue weighted by molar-refractivity contribution is 0.0602. The maximum Gasteiger partial charge on any atom is 0.340 e. The summed E-state index contributed by atoms with van der Waals surface area (Å²) < 4.78 is 6.32. The number of esters is 1. The van der Waals surface area contributed by atoms with E-state index in [4.69, 9.17) is 16.2 Å². The summed E-state index contributed by atoms with van der Waals surface area (Å²) in [6.45, 7) is 1.82. The Morgan fingerprint density at radius 2 is 1.90 bits per heavy atom. The van der Waals surface area contributed by atoms with Crippen LogP contribution in [0.1, 0.15) is 26.3 Å². The molecule has 4 aromatic rings. The van der Waals surface area contributed by atoms with Crippen molar-refractivity contribution in [2.75, 3.05) is 12.8 Å². The number of hydrogen-bond acceptors (Lipinski definition) is 7.